The van der Waals surface area contributed by atoms with Crippen molar-refractivity contribution in [2.45, 2.75) is 75.4 Å². The summed E-state index contributed by atoms with van der Waals surface area (Å²) in [7, 11) is 0. The molecule has 2 N–H and O–H groups in total. The maximum atomic E-state index is 13.4. The van der Waals surface area contributed by atoms with Gasteiger partial charge in [0.15, 0.2) is 0 Å². The second-order valence-electron chi connectivity index (χ2n) is 17.9. The summed E-state index contributed by atoms with van der Waals surface area (Å²) in [5, 5.41) is 41.1. The van der Waals surface area contributed by atoms with Gasteiger partial charge >= 0.3 is 0 Å². The van der Waals surface area contributed by atoms with E-state index in [0.29, 0.717) is 0 Å². The topological polar surface area (TPSA) is 76.1 Å². The summed E-state index contributed by atoms with van der Waals surface area (Å²) in [5.41, 5.74) is 9.91. The Kier molecular flexibility index (Phi) is 10.1. The molecule has 4 atom stereocenters. The van der Waals surface area contributed by atoms with Crippen LogP contribution < -0.4 is 0 Å². The second-order valence-corrected chi connectivity index (χ2v) is 19.7. The number of nitrogens with zero attached hydrogens (tertiary/aromatic N) is 4. The highest BCUT2D eigenvalue weighted by molar-refractivity contribution is 7.17. The van der Waals surface area contributed by atoms with E-state index in [9.17, 15) is 19.0 Å². The third kappa shape index (κ3) is 6.77. The van der Waals surface area contributed by atoms with Crippen molar-refractivity contribution in [3.8, 4) is 11.4 Å². The van der Waals surface area contributed by atoms with E-state index >= 15 is 0 Å². The molecular formula is C54H46F2N4O2S2. The van der Waals surface area contributed by atoms with Crippen LogP contribution in [0.4, 0.5) is 8.78 Å². The summed E-state index contributed by atoms with van der Waals surface area (Å²) >= 11 is 3.38. The van der Waals surface area contributed by atoms with E-state index in [1.165, 1.54) is 55.9 Å². The largest absolute Gasteiger partial charge is 0.387 e. The fraction of sp³-hybridized carbons (Fsp3) is 0.222. The van der Waals surface area contributed by atoms with Crippen LogP contribution in [0.5, 0.6) is 0 Å². The Hall–Kier alpha value is -6.04. The molecule has 320 valence electrons. The fourth-order valence-electron chi connectivity index (χ4n) is 10.5. The quantitative estimate of drug-likeness (QED) is 0.174. The number of hydrogen-bond acceptors (Lipinski definition) is 6. The zero-order chi connectivity index (χ0) is 43.7. The van der Waals surface area contributed by atoms with Gasteiger partial charge in [0, 0.05) is 31.0 Å². The number of halogens is 2. The van der Waals surface area contributed by atoms with Gasteiger partial charge in [0.05, 0.1) is 47.0 Å². The molecule has 12 rings (SSSR count). The molecule has 0 amide bonds. The first kappa shape index (κ1) is 40.7. The van der Waals surface area contributed by atoms with Crippen LogP contribution in [-0.2, 0) is 23.7 Å². The van der Waals surface area contributed by atoms with Gasteiger partial charge in [-0.25, -0.2) is 18.1 Å². The molecule has 4 heterocycles. The Balaban J connectivity index is 0.000000143. The number of aliphatic hydroxyl groups is 2. The van der Waals surface area contributed by atoms with Crippen molar-refractivity contribution < 1.29 is 19.0 Å². The first-order valence-electron chi connectivity index (χ1n) is 21.9. The van der Waals surface area contributed by atoms with Crippen LogP contribution >= 0.6 is 22.7 Å². The van der Waals surface area contributed by atoms with Crippen molar-refractivity contribution in [1.29, 1.82) is 0 Å². The zero-order valence-corrected chi connectivity index (χ0v) is 37.1. The Morgan fingerprint density at radius 3 is 1.39 bits per heavy atom. The van der Waals surface area contributed by atoms with Crippen LogP contribution in [-0.4, -0.2) is 29.8 Å². The smallest absolute Gasteiger partial charge is 0.123 e. The molecule has 2 aliphatic rings. The molecule has 0 saturated carbocycles. The van der Waals surface area contributed by atoms with Gasteiger partial charge in [0.25, 0.3) is 0 Å². The van der Waals surface area contributed by atoms with E-state index in [2.05, 4.69) is 83.3 Å². The first-order valence-corrected chi connectivity index (χ1v) is 23.7. The summed E-state index contributed by atoms with van der Waals surface area (Å²) in [6.45, 7) is 4.39. The molecule has 10 heteroatoms. The predicted molar refractivity (Wildman–Crippen MR) is 256 cm³/mol. The first-order chi connectivity index (χ1) is 31.1. The van der Waals surface area contributed by atoms with Crippen molar-refractivity contribution in [3.63, 3.8) is 0 Å². The van der Waals surface area contributed by atoms with Crippen LogP contribution in [0.2, 0.25) is 0 Å². The third-order valence-electron chi connectivity index (χ3n) is 14.1. The Labute approximate surface area is 377 Å². The summed E-state index contributed by atoms with van der Waals surface area (Å²) in [4.78, 5) is 0. The van der Waals surface area contributed by atoms with Gasteiger partial charge in [0.1, 0.15) is 11.6 Å². The van der Waals surface area contributed by atoms with Gasteiger partial charge in [-0.3, -0.25) is 0 Å². The van der Waals surface area contributed by atoms with Crippen molar-refractivity contribution >= 4 is 64.7 Å². The summed E-state index contributed by atoms with van der Waals surface area (Å²) in [5.74, 6) is -0.512. The van der Waals surface area contributed by atoms with Gasteiger partial charge in [-0.1, -0.05) is 50.2 Å². The molecule has 0 saturated heterocycles. The number of hydrogen-bond donors (Lipinski definition) is 2. The number of thiophene rings is 2. The number of benzene rings is 6. The molecule has 0 fully saturated rings. The normalized spacial score (nSPS) is 19.3. The van der Waals surface area contributed by atoms with Gasteiger partial charge in [-0.15, -0.1) is 22.7 Å². The molecule has 6 nitrogen and oxygen atoms in total. The lowest BCUT2D eigenvalue weighted by atomic mass is 9.66. The van der Waals surface area contributed by atoms with Crippen molar-refractivity contribution in [2.24, 2.45) is 0 Å². The molecule has 0 bridgehead atoms. The number of rotatable bonds is 6. The fourth-order valence-corrected chi connectivity index (χ4v) is 12.5. The van der Waals surface area contributed by atoms with Crippen molar-refractivity contribution in [3.05, 3.63) is 189 Å². The molecule has 4 aromatic heterocycles. The molecule has 10 aromatic rings. The monoisotopic (exact) mass is 884 g/mol. The lowest BCUT2D eigenvalue weighted by molar-refractivity contribution is 0.0798. The lowest BCUT2D eigenvalue weighted by Gasteiger charge is -2.40. The molecule has 0 radical (unpaired) electrons. The van der Waals surface area contributed by atoms with Crippen LogP contribution in [0.15, 0.2) is 144 Å². The lowest BCUT2D eigenvalue weighted by Crippen LogP contribution is -2.34. The highest BCUT2D eigenvalue weighted by Crippen LogP contribution is 2.50. The van der Waals surface area contributed by atoms with E-state index in [1.807, 2.05) is 46.0 Å². The van der Waals surface area contributed by atoms with E-state index in [1.54, 1.807) is 46.9 Å². The molecule has 0 unspecified atom stereocenters. The van der Waals surface area contributed by atoms with E-state index in [0.717, 1.165) is 93.6 Å². The van der Waals surface area contributed by atoms with E-state index in [4.69, 9.17) is 0 Å². The second kappa shape index (κ2) is 15.9. The zero-order valence-electron chi connectivity index (χ0n) is 35.5. The predicted octanol–water partition coefficient (Wildman–Crippen LogP) is 13.4. The molecule has 2 aliphatic carbocycles. The molecule has 0 spiro atoms. The number of aromatic nitrogens is 4. The molecule has 0 aliphatic heterocycles. The van der Waals surface area contributed by atoms with Crippen LogP contribution in [0.1, 0.15) is 85.1 Å². The maximum Gasteiger partial charge on any atom is 0.123 e. The van der Waals surface area contributed by atoms with Crippen molar-refractivity contribution in [2.75, 3.05) is 0 Å². The van der Waals surface area contributed by atoms with Gasteiger partial charge in [-0.05, 0) is 178 Å². The number of aryl methyl sites for hydroxylation is 2. The number of fused-ring (bicyclic) bond motifs is 6. The SMILES string of the molecule is C[C@]1([C@@H](O)c2csc3ccccc23)CCCc2cc3c(cnn3-c3ccc(F)cc3)cc21.C[C@]1([C@H](O)c2csc3ccccc23)CCCc2cc3c(cnn3-c3ccc(F)cc3)cc21. The summed E-state index contributed by atoms with van der Waals surface area (Å²) in [6.07, 6.45) is 8.44. The van der Waals surface area contributed by atoms with Gasteiger partial charge in [-0.2, -0.15) is 10.2 Å². The van der Waals surface area contributed by atoms with Crippen LogP contribution in [0.3, 0.4) is 0 Å². The Morgan fingerprint density at radius 2 is 0.969 bits per heavy atom. The van der Waals surface area contributed by atoms with Gasteiger partial charge < -0.3 is 10.2 Å². The minimum absolute atomic E-state index is 0.256. The standard InChI is InChI=1S/2C27H23FN2OS/c2*1-27(26(31)22-16-32-25-7-3-2-6-21(22)25)12-4-5-17-14-24-18(13-23(17)27)15-29-30(24)20-10-8-19(28)9-11-20/h2*2-3,6-11,13-16,26,31H,4-5,12H2,1H3/t26-,27+;26-,27-/m10/s1. The minimum Gasteiger partial charge on any atom is -0.387 e. The average molecular weight is 885 g/mol. The average Bonchev–Trinajstić information content (AvgIpc) is 4.14. The molecule has 6 aromatic carbocycles. The Morgan fingerprint density at radius 1 is 0.562 bits per heavy atom. The van der Waals surface area contributed by atoms with Gasteiger partial charge in [0.2, 0.25) is 0 Å². The summed E-state index contributed by atoms with van der Waals surface area (Å²) < 4.78 is 32.9. The maximum absolute atomic E-state index is 13.4. The highest BCUT2D eigenvalue weighted by Gasteiger charge is 2.42. The van der Waals surface area contributed by atoms with Crippen LogP contribution in [0.25, 0.3) is 53.4 Å². The van der Waals surface area contributed by atoms with E-state index < -0.39 is 12.2 Å². The highest BCUT2D eigenvalue weighted by atomic mass is 32.1. The van der Waals surface area contributed by atoms with Crippen LogP contribution in [0, 0.1) is 11.6 Å². The number of aliphatic hydroxyl groups excluding tert-OH is 2. The molecule has 64 heavy (non-hydrogen) atoms. The summed E-state index contributed by atoms with van der Waals surface area (Å²) in [6, 6.07) is 38.2. The van der Waals surface area contributed by atoms with E-state index in [-0.39, 0.29) is 22.5 Å². The third-order valence-corrected chi connectivity index (χ3v) is 16.0. The minimum atomic E-state index is -0.581. The van der Waals surface area contributed by atoms with Crippen molar-refractivity contribution in [1.82, 2.24) is 19.6 Å². The molecular weight excluding hydrogens is 839 g/mol. The Bertz CT molecular complexity index is 3130.